The van der Waals surface area contributed by atoms with Crippen molar-refractivity contribution >= 4 is 17.8 Å². The fourth-order valence-electron chi connectivity index (χ4n) is 2.64. The van der Waals surface area contributed by atoms with Crippen molar-refractivity contribution in [1.82, 2.24) is 9.80 Å². The highest BCUT2D eigenvalue weighted by molar-refractivity contribution is 5.91. The Morgan fingerprint density at radius 2 is 1.88 bits per heavy atom. The van der Waals surface area contributed by atoms with E-state index in [4.69, 9.17) is 9.47 Å². The number of carbonyl (C=O) groups excluding carboxylic acids is 3. The van der Waals surface area contributed by atoms with E-state index in [-0.39, 0.29) is 25.6 Å². The van der Waals surface area contributed by atoms with Gasteiger partial charge in [-0.2, -0.15) is 0 Å². The lowest BCUT2D eigenvalue weighted by molar-refractivity contribution is -0.157. The van der Waals surface area contributed by atoms with Gasteiger partial charge in [-0.1, -0.05) is 18.2 Å². The largest absolute Gasteiger partial charge is 0.464 e. The number of esters is 2. The van der Waals surface area contributed by atoms with Gasteiger partial charge in [-0.15, -0.1) is 0 Å². The number of hydrogen-bond acceptors (Lipinski definition) is 6. The zero-order valence-corrected chi connectivity index (χ0v) is 14.1. The molecule has 1 fully saturated rings. The standard InChI is InChI=1S/C17H22N2O5/c1-4-23-17(22)15-13(10-18(2)11-14(20)19(15)3)24-16(21)12-8-6-5-7-9-12/h5-9,13,15H,4,10-11H2,1-3H3/t13-,15+/m1/s1. The summed E-state index contributed by atoms with van der Waals surface area (Å²) in [4.78, 5) is 39.9. The lowest BCUT2D eigenvalue weighted by Gasteiger charge is -2.29. The van der Waals surface area contributed by atoms with E-state index in [0.717, 1.165) is 0 Å². The molecule has 7 heteroatoms. The molecule has 0 spiro atoms. The van der Waals surface area contributed by atoms with Gasteiger partial charge in [0.15, 0.2) is 6.04 Å². The van der Waals surface area contributed by atoms with Crippen molar-refractivity contribution in [2.45, 2.75) is 19.1 Å². The SMILES string of the molecule is CCOC(=O)[C@@H]1[C@H](OC(=O)c2ccccc2)CN(C)CC(=O)N1C. The van der Waals surface area contributed by atoms with E-state index in [9.17, 15) is 14.4 Å². The topological polar surface area (TPSA) is 76.1 Å². The van der Waals surface area contributed by atoms with Gasteiger partial charge in [0.25, 0.3) is 0 Å². The molecule has 0 aromatic heterocycles. The zero-order chi connectivity index (χ0) is 17.7. The fourth-order valence-corrected chi connectivity index (χ4v) is 2.64. The summed E-state index contributed by atoms with van der Waals surface area (Å²) < 4.78 is 10.6. The highest BCUT2D eigenvalue weighted by Crippen LogP contribution is 2.17. The van der Waals surface area contributed by atoms with Gasteiger partial charge in [-0.25, -0.2) is 9.59 Å². The van der Waals surface area contributed by atoms with Crippen LogP contribution >= 0.6 is 0 Å². The van der Waals surface area contributed by atoms with Crippen molar-refractivity contribution in [2.75, 3.05) is 33.8 Å². The normalized spacial score (nSPS) is 22.0. The van der Waals surface area contributed by atoms with Gasteiger partial charge in [-0.05, 0) is 26.1 Å². The van der Waals surface area contributed by atoms with Crippen molar-refractivity contribution < 1.29 is 23.9 Å². The van der Waals surface area contributed by atoms with Crippen molar-refractivity contribution in [1.29, 1.82) is 0 Å². The first-order chi connectivity index (χ1) is 11.4. The summed E-state index contributed by atoms with van der Waals surface area (Å²) in [7, 11) is 3.26. The second kappa shape index (κ2) is 7.92. The molecular weight excluding hydrogens is 312 g/mol. The van der Waals surface area contributed by atoms with Crippen LogP contribution in [0, 0.1) is 0 Å². The number of likely N-dealkylation sites (N-methyl/N-ethyl adjacent to an activating group) is 2. The predicted molar refractivity (Wildman–Crippen MR) is 86.3 cm³/mol. The second-order valence-corrected chi connectivity index (χ2v) is 5.71. The molecule has 2 atom stereocenters. The average Bonchev–Trinajstić information content (AvgIpc) is 2.65. The number of carbonyl (C=O) groups is 3. The van der Waals surface area contributed by atoms with Gasteiger partial charge in [0, 0.05) is 13.6 Å². The molecule has 0 radical (unpaired) electrons. The highest BCUT2D eigenvalue weighted by Gasteiger charge is 2.41. The minimum atomic E-state index is -0.963. The Hall–Kier alpha value is -2.41. The number of nitrogens with zero attached hydrogens (tertiary/aromatic N) is 2. The first kappa shape index (κ1) is 17.9. The van der Waals surface area contributed by atoms with Gasteiger partial charge in [0.05, 0.1) is 18.7 Å². The first-order valence-corrected chi connectivity index (χ1v) is 7.81. The highest BCUT2D eigenvalue weighted by atomic mass is 16.6. The van der Waals surface area contributed by atoms with E-state index in [2.05, 4.69) is 0 Å². The second-order valence-electron chi connectivity index (χ2n) is 5.71. The van der Waals surface area contributed by atoms with Crippen LogP contribution < -0.4 is 0 Å². The lowest BCUT2D eigenvalue weighted by atomic mass is 10.1. The fraction of sp³-hybridized carbons (Fsp3) is 0.471. The third-order valence-electron chi connectivity index (χ3n) is 3.86. The molecule has 1 aromatic rings. The molecule has 1 aliphatic rings. The van der Waals surface area contributed by atoms with Crippen LogP contribution in [0.1, 0.15) is 17.3 Å². The Morgan fingerprint density at radius 3 is 2.50 bits per heavy atom. The van der Waals surface area contributed by atoms with Crippen LogP contribution in [-0.2, 0) is 19.1 Å². The third-order valence-corrected chi connectivity index (χ3v) is 3.86. The number of benzene rings is 1. The quantitative estimate of drug-likeness (QED) is 0.749. The van der Waals surface area contributed by atoms with Crippen molar-refractivity contribution in [3.8, 4) is 0 Å². The summed E-state index contributed by atoms with van der Waals surface area (Å²) in [6.07, 6.45) is -0.807. The summed E-state index contributed by atoms with van der Waals surface area (Å²) in [6.45, 7) is 2.28. The molecule has 0 N–H and O–H groups in total. The molecule has 0 saturated carbocycles. The van der Waals surface area contributed by atoms with E-state index >= 15 is 0 Å². The van der Waals surface area contributed by atoms with Gasteiger partial charge in [-0.3, -0.25) is 9.69 Å². The maximum Gasteiger partial charge on any atom is 0.338 e. The summed E-state index contributed by atoms with van der Waals surface area (Å²) in [5.41, 5.74) is 0.390. The minimum absolute atomic E-state index is 0.145. The van der Waals surface area contributed by atoms with Crippen LogP contribution in [0.3, 0.4) is 0 Å². The third kappa shape index (κ3) is 4.11. The predicted octanol–water partition coefficient (Wildman–Crippen LogP) is 0.548. The maximum atomic E-state index is 12.3. The minimum Gasteiger partial charge on any atom is -0.464 e. The molecule has 24 heavy (non-hydrogen) atoms. The molecule has 0 aliphatic carbocycles. The van der Waals surface area contributed by atoms with Gasteiger partial charge in [0.2, 0.25) is 5.91 Å². The van der Waals surface area contributed by atoms with Gasteiger partial charge < -0.3 is 14.4 Å². The summed E-state index contributed by atoms with van der Waals surface area (Å²) in [6, 6.07) is 7.57. The molecule has 0 unspecified atom stereocenters. The van der Waals surface area contributed by atoms with Crippen LogP contribution in [-0.4, -0.2) is 73.6 Å². The van der Waals surface area contributed by atoms with Crippen LogP contribution in [0.2, 0.25) is 0 Å². The zero-order valence-electron chi connectivity index (χ0n) is 14.1. The van der Waals surface area contributed by atoms with Crippen molar-refractivity contribution in [2.24, 2.45) is 0 Å². The Kier molecular flexibility index (Phi) is 5.92. The molecule has 1 saturated heterocycles. The summed E-state index contributed by atoms with van der Waals surface area (Å²) in [5.74, 6) is -1.34. The van der Waals surface area contributed by atoms with Crippen molar-refractivity contribution in [3.05, 3.63) is 35.9 Å². The molecule has 1 amide bonds. The Labute approximate surface area is 141 Å². The summed E-state index contributed by atoms with van der Waals surface area (Å²) >= 11 is 0. The molecule has 1 aromatic carbocycles. The monoisotopic (exact) mass is 334 g/mol. The first-order valence-electron chi connectivity index (χ1n) is 7.81. The summed E-state index contributed by atoms with van der Waals surface area (Å²) in [5, 5.41) is 0. The Balaban J connectivity index is 2.25. The Morgan fingerprint density at radius 1 is 1.21 bits per heavy atom. The number of rotatable bonds is 4. The molecule has 1 aliphatic heterocycles. The van der Waals surface area contributed by atoms with E-state index < -0.39 is 24.1 Å². The average molecular weight is 334 g/mol. The lowest BCUT2D eigenvalue weighted by Crippen LogP contribution is -2.51. The molecule has 7 nitrogen and oxygen atoms in total. The number of ether oxygens (including phenoxy) is 2. The van der Waals surface area contributed by atoms with E-state index in [1.807, 2.05) is 0 Å². The number of amides is 1. The van der Waals surface area contributed by atoms with E-state index in [1.54, 1.807) is 49.2 Å². The molecule has 0 bridgehead atoms. The molecular formula is C17H22N2O5. The van der Waals surface area contributed by atoms with Gasteiger partial charge in [0.1, 0.15) is 6.10 Å². The van der Waals surface area contributed by atoms with E-state index in [1.165, 1.54) is 11.9 Å². The maximum absolute atomic E-state index is 12.3. The van der Waals surface area contributed by atoms with Crippen LogP contribution in [0.15, 0.2) is 30.3 Å². The smallest absolute Gasteiger partial charge is 0.338 e. The molecule has 1 heterocycles. The van der Waals surface area contributed by atoms with Crippen LogP contribution in [0.25, 0.3) is 0 Å². The van der Waals surface area contributed by atoms with Gasteiger partial charge >= 0.3 is 11.9 Å². The van der Waals surface area contributed by atoms with Crippen LogP contribution in [0.4, 0.5) is 0 Å². The number of hydrogen-bond donors (Lipinski definition) is 0. The van der Waals surface area contributed by atoms with E-state index in [0.29, 0.717) is 5.56 Å². The Bertz CT molecular complexity index is 604. The molecule has 2 rings (SSSR count). The van der Waals surface area contributed by atoms with Crippen molar-refractivity contribution in [3.63, 3.8) is 0 Å². The van der Waals surface area contributed by atoms with Crippen LogP contribution in [0.5, 0.6) is 0 Å². The molecule has 130 valence electrons.